The number of hydrogen-bond donors (Lipinski definition) is 1. The summed E-state index contributed by atoms with van der Waals surface area (Å²) in [5.74, 6) is 0. The Kier molecular flexibility index (Phi) is 3.66. The minimum Gasteiger partial charge on any atom is -0.296 e. The summed E-state index contributed by atoms with van der Waals surface area (Å²) >= 11 is 0. The van der Waals surface area contributed by atoms with Crippen molar-refractivity contribution in [1.82, 2.24) is 0 Å². The van der Waals surface area contributed by atoms with Crippen molar-refractivity contribution < 1.29 is 13.2 Å². The van der Waals surface area contributed by atoms with Crippen LogP contribution in [0.5, 0.6) is 0 Å². The predicted molar refractivity (Wildman–Crippen MR) is 41.7 cm³/mol. The third-order valence-electron chi connectivity index (χ3n) is 0.879. The molecule has 0 heterocycles. The molecule has 0 radical (unpaired) electrons. The molecule has 0 aliphatic carbocycles. The van der Waals surface area contributed by atoms with Gasteiger partial charge in [-0.3, -0.25) is 10.4 Å². The molecule has 12 heavy (non-hydrogen) atoms. The van der Waals surface area contributed by atoms with Crippen molar-refractivity contribution >= 4 is 11.4 Å². The van der Waals surface area contributed by atoms with E-state index in [1.54, 1.807) is 13.8 Å². The van der Waals surface area contributed by atoms with Crippen LogP contribution < -0.4 is 0 Å². The lowest BCUT2D eigenvalue weighted by Crippen LogP contribution is -2.19. The molecule has 0 unspecified atom stereocenters. The third-order valence-corrected chi connectivity index (χ3v) is 0.879. The summed E-state index contributed by atoms with van der Waals surface area (Å²) in [6.45, 7) is 3.31. The van der Waals surface area contributed by atoms with Crippen LogP contribution in [0.1, 0.15) is 13.8 Å². The lowest BCUT2D eigenvalue weighted by Gasteiger charge is -2.01. The predicted octanol–water partition coefficient (Wildman–Crippen LogP) is 2.56. The molecule has 0 aromatic carbocycles. The highest BCUT2D eigenvalue weighted by atomic mass is 19.4. The lowest BCUT2D eigenvalue weighted by molar-refractivity contribution is -0.0584. The van der Waals surface area contributed by atoms with E-state index in [1.807, 2.05) is 0 Å². The molecule has 0 bridgehead atoms. The molecular weight excluding hydrogens is 169 g/mol. The molecule has 0 rings (SSSR count). The van der Waals surface area contributed by atoms with E-state index in [4.69, 9.17) is 5.41 Å². The molecule has 0 aliphatic heterocycles. The number of halogens is 3. The van der Waals surface area contributed by atoms with Crippen molar-refractivity contribution in [3.63, 3.8) is 0 Å². The van der Waals surface area contributed by atoms with Gasteiger partial charge in [0.25, 0.3) is 0 Å². The molecule has 2 nitrogen and oxygen atoms in total. The van der Waals surface area contributed by atoms with E-state index in [1.165, 1.54) is 0 Å². The van der Waals surface area contributed by atoms with E-state index in [9.17, 15) is 13.2 Å². The van der Waals surface area contributed by atoms with Crippen LogP contribution in [-0.2, 0) is 0 Å². The van der Waals surface area contributed by atoms with Crippen LogP contribution in [0.15, 0.2) is 17.3 Å². The Morgan fingerprint density at radius 3 is 2.17 bits per heavy atom. The van der Waals surface area contributed by atoms with Crippen molar-refractivity contribution in [2.45, 2.75) is 20.0 Å². The van der Waals surface area contributed by atoms with Gasteiger partial charge < -0.3 is 0 Å². The molecule has 0 aromatic rings. The summed E-state index contributed by atoms with van der Waals surface area (Å²) in [5.41, 5.74) is -0.756. The normalized spacial score (nSPS) is 11.8. The van der Waals surface area contributed by atoms with Gasteiger partial charge in [0.05, 0.1) is 0 Å². The van der Waals surface area contributed by atoms with Crippen LogP contribution in [0.4, 0.5) is 13.2 Å². The zero-order chi connectivity index (χ0) is 9.78. The Balaban J connectivity index is 4.20. The van der Waals surface area contributed by atoms with Crippen molar-refractivity contribution in [2.75, 3.05) is 0 Å². The van der Waals surface area contributed by atoms with Crippen molar-refractivity contribution in [3.05, 3.63) is 12.3 Å². The zero-order valence-corrected chi connectivity index (χ0v) is 6.74. The van der Waals surface area contributed by atoms with Crippen LogP contribution in [0, 0.1) is 5.41 Å². The third kappa shape index (κ3) is 4.65. The Bertz CT molecular complexity index is 221. The molecule has 1 N–H and O–H groups in total. The lowest BCUT2D eigenvalue weighted by atomic mass is 10.3. The number of hydrogen-bond acceptors (Lipinski definition) is 2. The van der Waals surface area contributed by atoms with Crippen molar-refractivity contribution in [2.24, 2.45) is 4.99 Å². The summed E-state index contributed by atoms with van der Waals surface area (Å²) in [6.07, 6.45) is -2.99. The second-order valence-electron chi connectivity index (χ2n) is 2.30. The highest BCUT2D eigenvalue weighted by Gasteiger charge is 2.32. The second-order valence-corrected chi connectivity index (χ2v) is 2.30. The molecule has 0 aliphatic rings. The Hall–Kier alpha value is -1.13. The van der Waals surface area contributed by atoms with Gasteiger partial charge in [0.2, 0.25) is 0 Å². The van der Waals surface area contributed by atoms with Gasteiger partial charge in [0.15, 0.2) is 0 Å². The van der Waals surface area contributed by atoms with Gasteiger partial charge in [-0.2, -0.15) is 13.2 Å². The number of aliphatic imine (C=N–C) groups is 1. The maximum Gasteiger partial charge on any atom is 0.432 e. The topological polar surface area (TPSA) is 36.2 Å². The average Bonchev–Trinajstić information content (AvgIpc) is 1.84. The Morgan fingerprint density at radius 1 is 1.33 bits per heavy atom. The minimum absolute atomic E-state index is 0.618. The monoisotopic (exact) mass is 178 g/mol. The molecule has 0 saturated carbocycles. The van der Waals surface area contributed by atoms with Gasteiger partial charge in [-0.15, -0.1) is 0 Å². The summed E-state index contributed by atoms with van der Waals surface area (Å²) in [4.78, 5) is 3.57. The zero-order valence-electron chi connectivity index (χ0n) is 6.74. The maximum atomic E-state index is 11.6. The molecule has 0 aromatic heterocycles. The van der Waals surface area contributed by atoms with E-state index in [2.05, 4.69) is 4.99 Å². The van der Waals surface area contributed by atoms with E-state index in [-0.39, 0.29) is 0 Å². The van der Waals surface area contributed by atoms with Gasteiger partial charge in [-0.05, 0) is 19.9 Å². The quantitative estimate of drug-likeness (QED) is 0.631. The molecule has 0 saturated heterocycles. The second kappa shape index (κ2) is 4.04. The van der Waals surface area contributed by atoms with Gasteiger partial charge in [-0.25, -0.2) is 0 Å². The fourth-order valence-electron chi connectivity index (χ4n) is 0.355. The highest BCUT2D eigenvalue weighted by Crippen LogP contribution is 2.16. The largest absolute Gasteiger partial charge is 0.432 e. The smallest absolute Gasteiger partial charge is 0.296 e. The first-order chi connectivity index (χ1) is 5.34. The molecule has 0 spiro atoms. The standard InChI is InChI=1S/C7H9F3N2/c1-5(2)12-4-3-6(11)7(8,9)10/h3-4,11H,1-2H3/b4-3-,11-6?. The summed E-state index contributed by atoms with van der Waals surface area (Å²) in [5, 5.41) is 6.50. The van der Waals surface area contributed by atoms with Crippen molar-refractivity contribution in [3.8, 4) is 0 Å². The minimum atomic E-state index is -4.58. The number of nitrogens with one attached hydrogen (secondary N) is 1. The van der Waals surface area contributed by atoms with Crippen LogP contribution in [0.2, 0.25) is 0 Å². The first-order valence-electron chi connectivity index (χ1n) is 3.17. The molecule has 0 fully saturated rings. The van der Waals surface area contributed by atoms with E-state index in [0.717, 1.165) is 6.20 Å². The molecule has 0 atom stereocenters. The average molecular weight is 178 g/mol. The van der Waals surface area contributed by atoms with Crippen LogP contribution in [-0.4, -0.2) is 17.6 Å². The Labute approximate surface area is 68.3 Å². The van der Waals surface area contributed by atoms with Gasteiger partial charge in [-0.1, -0.05) is 0 Å². The van der Waals surface area contributed by atoms with Crippen LogP contribution >= 0.6 is 0 Å². The van der Waals surface area contributed by atoms with Crippen molar-refractivity contribution in [1.29, 1.82) is 5.41 Å². The van der Waals surface area contributed by atoms with E-state index in [0.29, 0.717) is 11.8 Å². The maximum absolute atomic E-state index is 11.6. The summed E-state index contributed by atoms with van der Waals surface area (Å²) in [6, 6.07) is 0. The van der Waals surface area contributed by atoms with Gasteiger partial charge >= 0.3 is 6.18 Å². The molecule has 68 valence electrons. The van der Waals surface area contributed by atoms with E-state index >= 15 is 0 Å². The summed E-state index contributed by atoms with van der Waals surface area (Å²) < 4.78 is 34.9. The van der Waals surface area contributed by atoms with Crippen LogP contribution in [0.3, 0.4) is 0 Å². The number of nitrogens with zero attached hydrogens (tertiary/aromatic N) is 1. The SMILES string of the molecule is CC(C)=N/C=C\C(=N)C(F)(F)F. The fourth-order valence-corrected chi connectivity index (χ4v) is 0.355. The van der Waals surface area contributed by atoms with Gasteiger partial charge in [0.1, 0.15) is 5.71 Å². The number of allylic oxidation sites excluding steroid dienone is 1. The number of rotatable bonds is 2. The van der Waals surface area contributed by atoms with Gasteiger partial charge in [0, 0.05) is 11.9 Å². The summed E-state index contributed by atoms with van der Waals surface area (Å²) in [7, 11) is 0. The first-order valence-corrected chi connectivity index (χ1v) is 3.17. The molecule has 0 amide bonds. The molecular formula is C7H9F3N2. The highest BCUT2D eigenvalue weighted by molar-refractivity contribution is 5.97. The Morgan fingerprint density at radius 2 is 1.83 bits per heavy atom. The van der Waals surface area contributed by atoms with Crippen LogP contribution in [0.25, 0.3) is 0 Å². The van der Waals surface area contributed by atoms with E-state index < -0.39 is 11.9 Å². The molecule has 5 heteroatoms. The fraction of sp³-hybridized carbons (Fsp3) is 0.429. The number of alkyl halides is 3. The first kappa shape index (κ1) is 10.9.